The van der Waals surface area contributed by atoms with Gasteiger partial charge in [0.25, 0.3) is 0 Å². The highest BCUT2D eigenvalue weighted by Gasteiger charge is 2.38. The molecule has 1 fully saturated rings. The van der Waals surface area contributed by atoms with Gasteiger partial charge in [-0.1, -0.05) is 19.8 Å². The van der Waals surface area contributed by atoms with Crippen LogP contribution in [0.4, 0.5) is 0 Å². The van der Waals surface area contributed by atoms with Crippen molar-refractivity contribution in [1.29, 1.82) is 0 Å². The molecular formula is C13H27N3O. The maximum absolute atomic E-state index is 11.8. The quantitative estimate of drug-likeness (QED) is 0.732. The van der Waals surface area contributed by atoms with Gasteiger partial charge >= 0.3 is 0 Å². The summed E-state index contributed by atoms with van der Waals surface area (Å²) >= 11 is 0. The van der Waals surface area contributed by atoms with E-state index in [1.165, 1.54) is 12.8 Å². The molecule has 1 amide bonds. The lowest BCUT2D eigenvalue weighted by Gasteiger charge is -2.39. The molecule has 0 aromatic rings. The lowest BCUT2D eigenvalue weighted by molar-refractivity contribution is -0.124. The highest BCUT2D eigenvalue weighted by Crippen LogP contribution is 2.34. The van der Waals surface area contributed by atoms with Crippen LogP contribution in [0.25, 0.3) is 0 Å². The van der Waals surface area contributed by atoms with Crippen molar-refractivity contribution in [1.82, 2.24) is 10.2 Å². The van der Waals surface area contributed by atoms with Crippen LogP contribution in [0.3, 0.4) is 0 Å². The van der Waals surface area contributed by atoms with E-state index in [4.69, 9.17) is 5.73 Å². The molecule has 0 saturated heterocycles. The van der Waals surface area contributed by atoms with Crippen LogP contribution in [0.2, 0.25) is 0 Å². The Labute approximate surface area is 105 Å². The van der Waals surface area contributed by atoms with Gasteiger partial charge < -0.3 is 11.1 Å². The van der Waals surface area contributed by atoms with Crippen molar-refractivity contribution in [2.45, 2.75) is 58.0 Å². The lowest BCUT2D eigenvalue weighted by atomic mass is 9.95. The minimum atomic E-state index is 0.0725. The first-order valence-corrected chi connectivity index (χ1v) is 6.78. The molecule has 0 aromatic heterocycles. The molecule has 0 atom stereocenters. The number of nitrogens with two attached hydrogens (primary N) is 1. The van der Waals surface area contributed by atoms with Crippen molar-refractivity contribution in [3.8, 4) is 0 Å². The second-order valence-corrected chi connectivity index (χ2v) is 5.37. The van der Waals surface area contributed by atoms with Gasteiger partial charge in [0, 0.05) is 18.1 Å². The van der Waals surface area contributed by atoms with Crippen LogP contribution < -0.4 is 11.1 Å². The van der Waals surface area contributed by atoms with E-state index in [1.54, 1.807) is 0 Å². The van der Waals surface area contributed by atoms with Crippen LogP contribution in [0.15, 0.2) is 0 Å². The van der Waals surface area contributed by atoms with Gasteiger partial charge in [-0.3, -0.25) is 9.69 Å². The van der Waals surface area contributed by atoms with Crippen LogP contribution >= 0.6 is 0 Å². The van der Waals surface area contributed by atoms with E-state index in [2.05, 4.69) is 17.1 Å². The van der Waals surface area contributed by atoms with Gasteiger partial charge in [-0.15, -0.1) is 0 Å². The van der Waals surface area contributed by atoms with Gasteiger partial charge in [-0.05, 0) is 33.2 Å². The molecule has 4 nitrogen and oxygen atoms in total. The molecule has 17 heavy (non-hydrogen) atoms. The molecule has 100 valence electrons. The number of hydrogen-bond donors (Lipinski definition) is 2. The molecule has 1 saturated carbocycles. The molecule has 0 aromatic carbocycles. The average Bonchev–Trinajstić information content (AvgIpc) is 2.74. The predicted octanol–water partition coefficient (Wildman–Crippen LogP) is 1.10. The van der Waals surface area contributed by atoms with Gasteiger partial charge in [-0.25, -0.2) is 0 Å². The minimum absolute atomic E-state index is 0.0725. The molecule has 0 bridgehead atoms. The number of nitrogens with one attached hydrogen (secondary N) is 1. The van der Waals surface area contributed by atoms with Gasteiger partial charge in [0.1, 0.15) is 0 Å². The fourth-order valence-electron chi connectivity index (χ4n) is 2.84. The summed E-state index contributed by atoms with van der Waals surface area (Å²) < 4.78 is 0. The van der Waals surface area contributed by atoms with Crippen molar-refractivity contribution in [3.05, 3.63) is 0 Å². The molecule has 0 unspecified atom stereocenters. The molecule has 1 rings (SSSR count). The maximum Gasteiger partial charge on any atom is 0.234 e. The third kappa shape index (κ3) is 3.68. The zero-order valence-corrected chi connectivity index (χ0v) is 11.5. The number of amides is 1. The van der Waals surface area contributed by atoms with E-state index in [0.29, 0.717) is 13.1 Å². The van der Waals surface area contributed by atoms with Crippen molar-refractivity contribution in [3.63, 3.8) is 0 Å². The number of carbonyl (C=O) groups is 1. The standard InChI is InChI=1S/C13H27N3O/c1-4-16(9-12(17)15-11(2)3)13(10-14)7-5-6-8-13/h11H,4-10,14H2,1-3H3,(H,15,17). The van der Waals surface area contributed by atoms with Crippen molar-refractivity contribution >= 4 is 5.91 Å². The van der Waals surface area contributed by atoms with E-state index in [-0.39, 0.29) is 17.5 Å². The first-order chi connectivity index (χ1) is 8.04. The Morgan fingerprint density at radius 1 is 1.41 bits per heavy atom. The van der Waals surface area contributed by atoms with Crippen molar-refractivity contribution < 1.29 is 4.79 Å². The molecular weight excluding hydrogens is 214 g/mol. The Morgan fingerprint density at radius 2 is 2.00 bits per heavy atom. The van der Waals surface area contributed by atoms with E-state index >= 15 is 0 Å². The van der Waals surface area contributed by atoms with E-state index in [1.807, 2.05) is 13.8 Å². The summed E-state index contributed by atoms with van der Waals surface area (Å²) in [5.41, 5.74) is 6.02. The number of hydrogen-bond acceptors (Lipinski definition) is 3. The first kappa shape index (κ1) is 14.5. The van der Waals surface area contributed by atoms with Gasteiger partial charge in [0.2, 0.25) is 5.91 Å². The SMILES string of the molecule is CCN(CC(=O)NC(C)C)C1(CN)CCCC1. The molecule has 0 heterocycles. The Kier molecular flexibility index (Phi) is 5.40. The first-order valence-electron chi connectivity index (χ1n) is 6.78. The summed E-state index contributed by atoms with van der Waals surface area (Å²) in [6.45, 7) is 8.12. The predicted molar refractivity (Wildman–Crippen MR) is 70.8 cm³/mol. The molecule has 0 aliphatic heterocycles. The molecule has 1 aliphatic rings. The molecule has 0 spiro atoms. The average molecular weight is 241 g/mol. The lowest BCUT2D eigenvalue weighted by Crippen LogP contribution is -2.55. The summed E-state index contributed by atoms with van der Waals surface area (Å²) in [5, 5.41) is 2.95. The van der Waals surface area contributed by atoms with Crippen molar-refractivity contribution in [2.75, 3.05) is 19.6 Å². The largest absolute Gasteiger partial charge is 0.353 e. The summed E-state index contributed by atoms with van der Waals surface area (Å²) in [4.78, 5) is 14.1. The van der Waals surface area contributed by atoms with Gasteiger partial charge in [0.15, 0.2) is 0 Å². The number of rotatable bonds is 6. The Hall–Kier alpha value is -0.610. The van der Waals surface area contributed by atoms with Crippen LogP contribution in [0.5, 0.6) is 0 Å². The summed E-state index contributed by atoms with van der Waals surface area (Å²) in [5.74, 6) is 0.113. The van der Waals surface area contributed by atoms with Crippen LogP contribution in [0, 0.1) is 0 Å². The zero-order valence-electron chi connectivity index (χ0n) is 11.5. The Bertz CT molecular complexity index is 247. The highest BCUT2D eigenvalue weighted by molar-refractivity contribution is 5.78. The summed E-state index contributed by atoms with van der Waals surface area (Å²) in [6, 6.07) is 0.207. The maximum atomic E-state index is 11.8. The fourth-order valence-corrected chi connectivity index (χ4v) is 2.84. The second-order valence-electron chi connectivity index (χ2n) is 5.37. The number of likely N-dealkylation sites (N-methyl/N-ethyl adjacent to an activating group) is 1. The highest BCUT2D eigenvalue weighted by atomic mass is 16.2. The van der Waals surface area contributed by atoms with Crippen LogP contribution in [-0.4, -0.2) is 42.0 Å². The van der Waals surface area contributed by atoms with Crippen LogP contribution in [-0.2, 0) is 4.79 Å². The van der Waals surface area contributed by atoms with E-state index in [9.17, 15) is 4.79 Å². The Balaban J connectivity index is 2.60. The van der Waals surface area contributed by atoms with E-state index < -0.39 is 0 Å². The molecule has 0 radical (unpaired) electrons. The fraction of sp³-hybridized carbons (Fsp3) is 0.923. The number of carbonyl (C=O) groups excluding carboxylic acids is 1. The molecule has 4 heteroatoms. The molecule has 3 N–H and O–H groups in total. The normalized spacial score (nSPS) is 18.9. The minimum Gasteiger partial charge on any atom is -0.353 e. The van der Waals surface area contributed by atoms with Crippen molar-refractivity contribution in [2.24, 2.45) is 5.73 Å². The van der Waals surface area contributed by atoms with Crippen LogP contribution in [0.1, 0.15) is 46.5 Å². The second kappa shape index (κ2) is 6.36. The van der Waals surface area contributed by atoms with Gasteiger partial charge in [-0.2, -0.15) is 0 Å². The third-order valence-electron chi connectivity index (χ3n) is 3.75. The molecule has 1 aliphatic carbocycles. The zero-order chi connectivity index (χ0) is 12.9. The topological polar surface area (TPSA) is 58.4 Å². The third-order valence-corrected chi connectivity index (χ3v) is 3.75. The monoisotopic (exact) mass is 241 g/mol. The Morgan fingerprint density at radius 3 is 2.41 bits per heavy atom. The van der Waals surface area contributed by atoms with Gasteiger partial charge in [0.05, 0.1) is 6.54 Å². The summed E-state index contributed by atoms with van der Waals surface area (Å²) in [6.07, 6.45) is 4.73. The summed E-state index contributed by atoms with van der Waals surface area (Å²) in [7, 11) is 0. The van der Waals surface area contributed by atoms with E-state index in [0.717, 1.165) is 19.4 Å². The smallest absolute Gasteiger partial charge is 0.234 e. The number of nitrogens with zero attached hydrogens (tertiary/aromatic N) is 1.